The summed E-state index contributed by atoms with van der Waals surface area (Å²) < 4.78 is 29.1. The van der Waals surface area contributed by atoms with E-state index in [9.17, 15) is 8.42 Å². The van der Waals surface area contributed by atoms with Crippen molar-refractivity contribution >= 4 is 38.1 Å². The Morgan fingerprint density at radius 3 is 2.40 bits per heavy atom. The van der Waals surface area contributed by atoms with Gasteiger partial charge in [0.05, 0.1) is 23.2 Å². The number of nitrogens with zero attached hydrogens (tertiary/aromatic N) is 5. The third-order valence-corrected chi connectivity index (χ3v) is 6.55. The molecule has 5 rings (SSSR count). The van der Waals surface area contributed by atoms with Gasteiger partial charge in [0.15, 0.2) is 5.65 Å². The number of hydrogen-bond donors (Lipinski definition) is 2. The fourth-order valence-corrected chi connectivity index (χ4v) is 4.97. The van der Waals surface area contributed by atoms with E-state index in [1.807, 2.05) is 55.2 Å². The molecular formula is C25H27N7O2S. The van der Waals surface area contributed by atoms with Crippen molar-refractivity contribution in [2.45, 2.75) is 27.3 Å². The van der Waals surface area contributed by atoms with Crippen molar-refractivity contribution in [3.63, 3.8) is 0 Å². The molecule has 0 aliphatic heterocycles. The normalized spacial score (nSPS) is 11.9. The zero-order valence-corrected chi connectivity index (χ0v) is 21.1. The number of sulfonamides is 1. The number of aryl methyl sites for hydroxylation is 4. The van der Waals surface area contributed by atoms with E-state index in [2.05, 4.69) is 33.3 Å². The summed E-state index contributed by atoms with van der Waals surface area (Å²) in [6, 6.07) is 15.6. The SMILES string of the molecule is Cc1cc(NCc2ccc(NS(C)(=O)=O)cc2)n2nc(C)c(-c3ccc4c(c3)c(C)nn4C)c2n1. The van der Waals surface area contributed by atoms with Crippen molar-refractivity contribution in [3.8, 4) is 11.1 Å². The van der Waals surface area contributed by atoms with Crippen LogP contribution < -0.4 is 10.0 Å². The summed E-state index contributed by atoms with van der Waals surface area (Å²) in [7, 11) is -1.35. The van der Waals surface area contributed by atoms with Gasteiger partial charge in [-0.15, -0.1) is 0 Å². The molecule has 180 valence electrons. The van der Waals surface area contributed by atoms with Crippen molar-refractivity contribution in [1.29, 1.82) is 0 Å². The number of benzene rings is 2. The van der Waals surface area contributed by atoms with Crippen LogP contribution in [-0.2, 0) is 23.6 Å². The lowest BCUT2D eigenvalue weighted by Crippen LogP contribution is -2.10. The molecule has 0 unspecified atom stereocenters. The van der Waals surface area contributed by atoms with Crippen LogP contribution >= 0.6 is 0 Å². The number of anilines is 2. The summed E-state index contributed by atoms with van der Waals surface area (Å²) in [6.07, 6.45) is 1.13. The number of rotatable bonds is 6. The van der Waals surface area contributed by atoms with E-state index < -0.39 is 10.0 Å². The number of fused-ring (bicyclic) bond motifs is 2. The van der Waals surface area contributed by atoms with Gasteiger partial charge >= 0.3 is 0 Å². The van der Waals surface area contributed by atoms with Crippen molar-refractivity contribution in [1.82, 2.24) is 24.4 Å². The van der Waals surface area contributed by atoms with E-state index in [-0.39, 0.29) is 0 Å². The fourth-order valence-electron chi connectivity index (χ4n) is 4.40. The highest BCUT2D eigenvalue weighted by Gasteiger charge is 2.17. The third-order valence-electron chi connectivity index (χ3n) is 5.95. The largest absolute Gasteiger partial charge is 0.366 e. The number of hydrogen-bond acceptors (Lipinski definition) is 6. The van der Waals surface area contributed by atoms with Crippen LogP contribution in [0.2, 0.25) is 0 Å². The molecule has 0 fully saturated rings. The Kier molecular flexibility index (Phi) is 5.47. The molecule has 2 N–H and O–H groups in total. The average molecular weight is 490 g/mol. The van der Waals surface area contributed by atoms with Crippen LogP contribution in [0, 0.1) is 20.8 Å². The number of aromatic nitrogens is 5. The lowest BCUT2D eigenvalue weighted by Gasteiger charge is -2.11. The van der Waals surface area contributed by atoms with Crippen LogP contribution in [0.5, 0.6) is 0 Å². The summed E-state index contributed by atoms with van der Waals surface area (Å²) in [6.45, 7) is 6.53. The second-order valence-electron chi connectivity index (χ2n) is 8.84. The van der Waals surface area contributed by atoms with Gasteiger partial charge in [0.25, 0.3) is 0 Å². The maximum absolute atomic E-state index is 11.4. The van der Waals surface area contributed by atoms with E-state index in [0.29, 0.717) is 12.2 Å². The van der Waals surface area contributed by atoms with Gasteiger partial charge in [-0.25, -0.2) is 13.4 Å². The molecule has 0 saturated heterocycles. The zero-order valence-electron chi connectivity index (χ0n) is 20.3. The Hall–Kier alpha value is -3.92. The van der Waals surface area contributed by atoms with Gasteiger partial charge in [-0.05, 0) is 56.2 Å². The number of nitrogens with one attached hydrogen (secondary N) is 2. The summed E-state index contributed by atoms with van der Waals surface area (Å²) in [5.74, 6) is 0.832. The summed E-state index contributed by atoms with van der Waals surface area (Å²) in [4.78, 5) is 4.82. The summed E-state index contributed by atoms with van der Waals surface area (Å²) in [5.41, 5.74) is 8.23. The molecule has 10 heteroatoms. The molecule has 0 spiro atoms. The zero-order chi connectivity index (χ0) is 24.9. The Morgan fingerprint density at radius 1 is 0.943 bits per heavy atom. The van der Waals surface area contributed by atoms with Crippen LogP contribution in [0.1, 0.15) is 22.6 Å². The highest BCUT2D eigenvalue weighted by molar-refractivity contribution is 7.92. The Morgan fingerprint density at radius 2 is 1.69 bits per heavy atom. The molecule has 0 amide bonds. The maximum atomic E-state index is 11.4. The molecule has 0 aliphatic carbocycles. The van der Waals surface area contributed by atoms with E-state index in [1.54, 1.807) is 12.1 Å². The lowest BCUT2D eigenvalue weighted by atomic mass is 10.0. The van der Waals surface area contributed by atoms with Crippen molar-refractivity contribution in [2.75, 3.05) is 16.3 Å². The molecule has 0 atom stereocenters. The highest BCUT2D eigenvalue weighted by atomic mass is 32.2. The molecular weight excluding hydrogens is 462 g/mol. The predicted octanol–water partition coefficient (Wildman–Crippen LogP) is 4.19. The maximum Gasteiger partial charge on any atom is 0.229 e. The van der Waals surface area contributed by atoms with Crippen LogP contribution in [0.25, 0.3) is 27.7 Å². The van der Waals surface area contributed by atoms with Crippen LogP contribution in [0.15, 0.2) is 48.5 Å². The molecule has 9 nitrogen and oxygen atoms in total. The van der Waals surface area contributed by atoms with Crippen LogP contribution in [0.4, 0.5) is 11.5 Å². The first-order chi connectivity index (χ1) is 16.6. The minimum absolute atomic E-state index is 0.534. The minimum atomic E-state index is -3.30. The Bertz CT molecular complexity index is 1680. The second kappa shape index (κ2) is 8.38. The van der Waals surface area contributed by atoms with Gasteiger partial charge < -0.3 is 5.32 Å². The van der Waals surface area contributed by atoms with E-state index in [4.69, 9.17) is 10.1 Å². The van der Waals surface area contributed by atoms with Crippen molar-refractivity contribution in [2.24, 2.45) is 7.05 Å². The van der Waals surface area contributed by atoms with Gasteiger partial charge in [-0.3, -0.25) is 9.40 Å². The van der Waals surface area contributed by atoms with E-state index >= 15 is 0 Å². The fraction of sp³-hybridized carbons (Fsp3) is 0.240. The quantitative estimate of drug-likeness (QED) is 0.370. The molecule has 0 aliphatic rings. The van der Waals surface area contributed by atoms with E-state index in [1.165, 1.54) is 0 Å². The smallest absolute Gasteiger partial charge is 0.229 e. The monoisotopic (exact) mass is 489 g/mol. The van der Waals surface area contributed by atoms with Gasteiger partial charge in [-0.1, -0.05) is 18.2 Å². The lowest BCUT2D eigenvalue weighted by molar-refractivity contribution is 0.607. The van der Waals surface area contributed by atoms with Crippen molar-refractivity contribution < 1.29 is 8.42 Å². The molecule has 0 bridgehead atoms. The highest BCUT2D eigenvalue weighted by Crippen LogP contribution is 2.32. The van der Waals surface area contributed by atoms with Crippen LogP contribution in [-0.4, -0.2) is 39.1 Å². The minimum Gasteiger partial charge on any atom is -0.366 e. The summed E-state index contributed by atoms with van der Waals surface area (Å²) >= 11 is 0. The summed E-state index contributed by atoms with van der Waals surface area (Å²) in [5, 5.41) is 13.9. The molecule has 5 aromatic rings. The van der Waals surface area contributed by atoms with E-state index in [0.717, 1.165) is 62.4 Å². The van der Waals surface area contributed by atoms with Gasteiger partial charge in [0.2, 0.25) is 10.0 Å². The molecule has 2 aromatic carbocycles. The van der Waals surface area contributed by atoms with Gasteiger partial charge in [-0.2, -0.15) is 14.7 Å². The van der Waals surface area contributed by atoms with Crippen molar-refractivity contribution in [3.05, 3.63) is 71.2 Å². The average Bonchev–Trinajstić information content (AvgIpc) is 3.26. The van der Waals surface area contributed by atoms with Gasteiger partial charge in [0, 0.05) is 42.0 Å². The molecule has 3 heterocycles. The molecule has 0 saturated carbocycles. The topological polar surface area (TPSA) is 106 Å². The Labute approximate surface area is 203 Å². The first-order valence-corrected chi connectivity index (χ1v) is 13.1. The first kappa shape index (κ1) is 22.9. The Balaban J connectivity index is 1.48. The molecule has 0 radical (unpaired) electrons. The first-order valence-electron chi connectivity index (χ1n) is 11.2. The predicted molar refractivity (Wildman–Crippen MR) is 139 cm³/mol. The third kappa shape index (κ3) is 4.44. The van der Waals surface area contributed by atoms with Crippen LogP contribution in [0.3, 0.4) is 0 Å². The standard InChI is InChI=1S/C25H27N7O2S/c1-15-12-23(26-14-18-6-9-20(10-7-18)30-35(5,33)34)32-25(27-15)24(17(3)29-32)19-8-11-22-21(13-19)16(2)28-31(22)4/h6-13,26,30H,14H2,1-5H3. The molecule has 35 heavy (non-hydrogen) atoms. The second-order valence-corrected chi connectivity index (χ2v) is 10.6. The van der Waals surface area contributed by atoms with Gasteiger partial charge in [0.1, 0.15) is 5.82 Å². The molecule has 3 aromatic heterocycles.